The first-order valence-electron chi connectivity index (χ1n) is 9.09. The molecule has 0 aliphatic heterocycles. The summed E-state index contributed by atoms with van der Waals surface area (Å²) in [6.45, 7) is 0. The monoisotopic (exact) mass is 414 g/mol. The Kier molecular flexibility index (Phi) is 7.89. The number of carbonyl (C=O) groups excluding carboxylic acids is 4. The van der Waals surface area contributed by atoms with Gasteiger partial charge in [-0.05, 0) is 37.1 Å². The maximum absolute atomic E-state index is 12.8. The molecule has 0 spiro atoms. The van der Waals surface area contributed by atoms with Gasteiger partial charge in [0.25, 0.3) is 11.8 Å². The normalized spacial score (nSPS) is 10.2. The van der Waals surface area contributed by atoms with E-state index in [2.05, 4.69) is 5.43 Å². The van der Waals surface area contributed by atoms with Crippen LogP contribution in [0.2, 0.25) is 0 Å². The van der Waals surface area contributed by atoms with Gasteiger partial charge in [0.1, 0.15) is 11.5 Å². The zero-order valence-electron chi connectivity index (χ0n) is 16.0. The minimum Gasteiger partial charge on any atom is -0.507 e. The highest BCUT2D eigenvalue weighted by molar-refractivity contribution is 6.08. The Balaban J connectivity index is 2.19. The first-order valence-corrected chi connectivity index (χ1v) is 9.09. The molecule has 0 aliphatic rings. The van der Waals surface area contributed by atoms with Crippen LogP contribution >= 0.6 is 0 Å². The van der Waals surface area contributed by atoms with Crippen molar-refractivity contribution in [3.05, 3.63) is 59.7 Å². The number of imide groups is 1. The zero-order chi connectivity index (χ0) is 22.1. The van der Waals surface area contributed by atoms with Crippen LogP contribution in [0.5, 0.6) is 11.5 Å². The summed E-state index contributed by atoms with van der Waals surface area (Å²) in [4.78, 5) is 49.2. The van der Waals surface area contributed by atoms with E-state index in [-0.39, 0.29) is 41.9 Å². The highest BCUT2D eigenvalue weighted by Crippen LogP contribution is 2.19. The highest BCUT2D eigenvalue weighted by Gasteiger charge is 2.27. The summed E-state index contributed by atoms with van der Waals surface area (Å²) in [6, 6.07) is 11.2. The SMILES string of the molecule is NNC(=O)CCCCC(=O)N(NC(=O)c1ccccc1O)C(=O)c1ccccc1O. The molecule has 6 N–H and O–H groups in total. The number of aromatic hydroxyl groups is 2. The number of hydrazine groups is 2. The molecule has 30 heavy (non-hydrogen) atoms. The van der Waals surface area contributed by atoms with Crippen LogP contribution in [0.1, 0.15) is 46.4 Å². The van der Waals surface area contributed by atoms with E-state index < -0.39 is 23.6 Å². The largest absolute Gasteiger partial charge is 0.507 e. The number of phenols is 2. The van der Waals surface area contributed by atoms with E-state index in [1.54, 1.807) is 0 Å². The third kappa shape index (κ3) is 5.79. The summed E-state index contributed by atoms with van der Waals surface area (Å²) in [5.41, 5.74) is 3.83. The lowest BCUT2D eigenvalue weighted by Gasteiger charge is -2.22. The smallest absolute Gasteiger partial charge is 0.283 e. The Morgan fingerprint density at radius 2 is 1.37 bits per heavy atom. The number of para-hydroxylation sites is 2. The standard InChI is InChI=1S/C20H22N4O6/c21-22-17(27)11-5-6-12-18(28)24(20(30)14-8-2-4-10-16(14)26)23-19(29)13-7-1-3-9-15(13)25/h1-4,7-10,25-26H,5-6,11-12,21H2,(H,22,27)(H,23,29). The van der Waals surface area contributed by atoms with E-state index >= 15 is 0 Å². The van der Waals surface area contributed by atoms with E-state index in [0.717, 1.165) is 0 Å². The molecule has 0 fully saturated rings. The van der Waals surface area contributed by atoms with Gasteiger partial charge in [0, 0.05) is 12.8 Å². The molecular weight excluding hydrogens is 392 g/mol. The third-order valence-electron chi connectivity index (χ3n) is 4.15. The molecule has 0 saturated carbocycles. The van der Waals surface area contributed by atoms with Crippen molar-refractivity contribution in [3.8, 4) is 11.5 Å². The summed E-state index contributed by atoms with van der Waals surface area (Å²) in [5.74, 6) is 1.33. The molecule has 10 nitrogen and oxygen atoms in total. The molecule has 0 aromatic heterocycles. The van der Waals surface area contributed by atoms with Crippen molar-refractivity contribution in [1.29, 1.82) is 0 Å². The average molecular weight is 414 g/mol. The molecule has 10 heteroatoms. The molecule has 2 aromatic carbocycles. The Morgan fingerprint density at radius 1 is 0.833 bits per heavy atom. The van der Waals surface area contributed by atoms with Crippen molar-refractivity contribution in [1.82, 2.24) is 15.9 Å². The number of amides is 4. The number of unbranched alkanes of at least 4 members (excludes halogenated alkanes) is 1. The first kappa shape index (κ1) is 22.4. The van der Waals surface area contributed by atoms with Crippen LogP contribution in [0.4, 0.5) is 0 Å². The fourth-order valence-corrected chi connectivity index (χ4v) is 2.57. The third-order valence-corrected chi connectivity index (χ3v) is 4.15. The van der Waals surface area contributed by atoms with Crippen molar-refractivity contribution in [2.24, 2.45) is 5.84 Å². The van der Waals surface area contributed by atoms with Crippen molar-refractivity contribution in [2.75, 3.05) is 0 Å². The summed E-state index contributed by atoms with van der Waals surface area (Å²) in [6.07, 6.45) is 0.532. The van der Waals surface area contributed by atoms with E-state index in [1.807, 2.05) is 5.43 Å². The minimum absolute atomic E-state index is 0.0987. The summed E-state index contributed by atoms with van der Waals surface area (Å²) < 4.78 is 0. The van der Waals surface area contributed by atoms with Crippen LogP contribution in [-0.4, -0.2) is 38.9 Å². The Bertz CT molecular complexity index is 946. The molecule has 0 unspecified atom stereocenters. The van der Waals surface area contributed by atoms with Gasteiger partial charge in [-0.15, -0.1) is 0 Å². The van der Waals surface area contributed by atoms with Gasteiger partial charge in [0.15, 0.2) is 0 Å². The summed E-state index contributed by atoms with van der Waals surface area (Å²) in [5, 5.41) is 20.3. The molecule has 0 bridgehead atoms. The van der Waals surface area contributed by atoms with E-state index in [4.69, 9.17) is 5.84 Å². The van der Waals surface area contributed by atoms with Gasteiger partial charge in [0.05, 0.1) is 11.1 Å². The molecule has 4 amide bonds. The van der Waals surface area contributed by atoms with E-state index in [0.29, 0.717) is 11.4 Å². The lowest BCUT2D eigenvalue weighted by Crippen LogP contribution is -2.49. The highest BCUT2D eigenvalue weighted by atomic mass is 16.3. The fraction of sp³-hybridized carbons (Fsp3) is 0.200. The molecule has 0 heterocycles. The summed E-state index contributed by atoms with van der Waals surface area (Å²) >= 11 is 0. The quantitative estimate of drug-likeness (QED) is 0.195. The number of phenolic OH excluding ortho intramolecular Hbond substituents is 2. The number of benzene rings is 2. The second-order valence-corrected chi connectivity index (χ2v) is 6.28. The van der Waals surface area contributed by atoms with Crippen molar-refractivity contribution in [2.45, 2.75) is 25.7 Å². The molecule has 0 atom stereocenters. The Labute approximate surface area is 172 Å². The summed E-state index contributed by atoms with van der Waals surface area (Å²) in [7, 11) is 0. The predicted octanol–water partition coefficient (Wildman–Crippen LogP) is 0.962. The van der Waals surface area contributed by atoms with Gasteiger partial charge in [0.2, 0.25) is 11.8 Å². The predicted molar refractivity (Wildman–Crippen MR) is 106 cm³/mol. The lowest BCUT2D eigenvalue weighted by molar-refractivity contribution is -0.131. The van der Waals surface area contributed by atoms with Gasteiger partial charge in [-0.25, -0.2) is 5.84 Å². The van der Waals surface area contributed by atoms with Gasteiger partial charge >= 0.3 is 0 Å². The Morgan fingerprint density at radius 3 is 1.93 bits per heavy atom. The maximum Gasteiger partial charge on any atom is 0.283 e. The van der Waals surface area contributed by atoms with Crippen LogP contribution in [0.25, 0.3) is 0 Å². The van der Waals surface area contributed by atoms with Crippen LogP contribution in [0.3, 0.4) is 0 Å². The van der Waals surface area contributed by atoms with Crippen molar-refractivity contribution >= 4 is 23.6 Å². The van der Waals surface area contributed by atoms with Gasteiger partial charge < -0.3 is 10.2 Å². The topological polar surface area (TPSA) is 162 Å². The minimum atomic E-state index is -0.943. The first-order chi connectivity index (χ1) is 14.3. The van der Waals surface area contributed by atoms with Crippen LogP contribution in [0, 0.1) is 0 Å². The number of nitrogens with two attached hydrogens (primary N) is 1. The second-order valence-electron chi connectivity index (χ2n) is 6.28. The average Bonchev–Trinajstić information content (AvgIpc) is 2.74. The number of carbonyl (C=O) groups is 4. The van der Waals surface area contributed by atoms with Crippen LogP contribution in [-0.2, 0) is 9.59 Å². The molecule has 158 valence electrons. The van der Waals surface area contributed by atoms with Crippen LogP contribution in [0.15, 0.2) is 48.5 Å². The number of hydrogen-bond acceptors (Lipinski definition) is 7. The molecule has 2 aromatic rings. The molecule has 0 radical (unpaired) electrons. The fourth-order valence-electron chi connectivity index (χ4n) is 2.57. The molecular formula is C20H22N4O6. The van der Waals surface area contributed by atoms with E-state index in [9.17, 15) is 29.4 Å². The van der Waals surface area contributed by atoms with Crippen molar-refractivity contribution in [3.63, 3.8) is 0 Å². The van der Waals surface area contributed by atoms with E-state index in [1.165, 1.54) is 48.5 Å². The number of nitrogens with one attached hydrogen (secondary N) is 2. The number of nitrogens with zero attached hydrogens (tertiary/aromatic N) is 1. The van der Waals surface area contributed by atoms with Crippen molar-refractivity contribution < 1.29 is 29.4 Å². The molecule has 0 saturated heterocycles. The molecule has 0 aliphatic carbocycles. The number of hydrogen-bond donors (Lipinski definition) is 5. The zero-order valence-corrected chi connectivity index (χ0v) is 16.0. The number of rotatable bonds is 7. The van der Waals surface area contributed by atoms with Gasteiger partial charge in [-0.2, -0.15) is 5.01 Å². The Hall–Kier alpha value is -3.92. The van der Waals surface area contributed by atoms with Gasteiger partial charge in [-0.1, -0.05) is 24.3 Å². The van der Waals surface area contributed by atoms with Crippen LogP contribution < -0.4 is 16.7 Å². The second kappa shape index (κ2) is 10.6. The van der Waals surface area contributed by atoms with Gasteiger partial charge in [-0.3, -0.25) is 30.0 Å². The molecule has 2 rings (SSSR count). The lowest BCUT2D eigenvalue weighted by atomic mass is 10.1. The maximum atomic E-state index is 12.8.